The number of rotatable bonds is 1. The molecule has 0 amide bonds. The van der Waals surface area contributed by atoms with Gasteiger partial charge in [0, 0.05) is 10.8 Å². The molecule has 1 aliphatic carbocycles. The van der Waals surface area contributed by atoms with Gasteiger partial charge in [-0.05, 0) is 25.1 Å². The first-order valence-corrected chi connectivity index (χ1v) is 4.61. The Morgan fingerprint density at radius 3 is 1.82 bits per heavy atom. The first-order valence-electron chi connectivity index (χ1n) is 3.74. The third kappa shape index (κ3) is 2.82. The zero-order valence-electron chi connectivity index (χ0n) is 6.08. The maximum atomic E-state index is 8.85. The van der Waals surface area contributed by atoms with Crippen LogP contribution in [0, 0.1) is 0 Å². The number of halogens is 2. The molecule has 1 fully saturated rings. The summed E-state index contributed by atoms with van der Waals surface area (Å²) in [5.74, 6) is -0.145. The molecule has 2 atom stereocenters. The largest absolute Gasteiger partial charge is 0.454 e. The predicted molar refractivity (Wildman–Crippen MR) is 47.1 cm³/mol. The fourth-order valence-electron chi connectivity index (χ4n) is 1.47. The zero-order chi connectivity index (χ0) is 8.43. The van der Waals surface area contributed by atoms with Crippen LogP contribution in [-0.2, 0) is 0 Å². The lowest BCUT2D eigenvalue weighted by molar-refractivity contribution is 0.354. The molecule has 0 bridgehead atoms. The molecule has 11 heavy (non-hydrogen) atoms. The second-order valence-electron chi connectivity index (χ2n) is 3.08. The maximum absolute atomic E-state index is 8.85. The first kappa shape index (κ1) is 9.65. The molecule has 5 heteroatoms. The lowest BCUT2D eigenvalue weighted by Gasteiger charge is -2.28. The van der Waals surface area contributed by atoms with Gasteiger partial charge in [0.15, 0.2) is 0 Å². The molecule has 0 aliphatic heterocycles. The monoisotopic (exact) mass is 196 g/mol. The molecule has 0 aromatic carbocycles. The third-order valence-electron chi connectivity index (χ3n) is 2.05. The minimum absolute atomic E-state index is 0.00181. The topological polar surface area (TPSA) is 40.5 Å². The quantitative estimate of drug-likeness (QED) is 0.490. The van der Waals surface area contributed by atoms with Crippen molar-refractivity contribution in [2.24, 2.45) is 0 Å². The van der Waals surface area contributed by atoms with Crippen molar-refractivity contribution < 1.29 is 10.0 Å². The smallest absolute Gasteiger partial charge is 0.427 e. The highest BCUT2D eigenvalue weighted by Gasteiger charge is 2.33. The highest BCUT2D eigenvalue weighted by molar-refractivity contribution is 6.43. The van der Waals surface area contributed by atoms with Gasteiger partial charge in [0.05, 0.1) is 0 Å². The lowest BCUT2D eigenvalue weighted by Crippen LogP contribution is -2.30. The van der Waals surface area contributed by atoms with E-state index in [1.54, 1.807) is 0 Å². The number of alkyl halides is 2. The summed E-state index contributed by atoms with van der Waals surface area (Å²) in [6, 6.07) is 0. The van der Waals surface area contributed by atoms with Crippen LogP contribution in [-0.4, -0.2) is 27.9 Å². The van der Waals surface area contributed by atoms with Crippen molar-refractivity contribution >= 4 is 30.3 Å². The molecule has 1 aliphatic rings. The van der Waals surface area contributed by atoms with Crippen LogP contribution in [0.15, 0.2) is 0 Å². The summed E-state index contributed by atoms with van der Waals surface area (Å²) in [7, 11) is -1.27. The Morgan fingerprint density at radius 2 is 1.45 bits per heavy atom. The highest BCUT2D eigenvalue weighted by atomic mass is 35.5. The number of hydrogen-bond acceptors (Lipinski definition) is 2. The molecule has 2 nitrogen and oxygen atoms in total. The van der Waals surface area contributed by atoms with Gasteiger partial charge in [-0.2, -0.15) is 0 Å². The summed E-state index contributed by atoms with van der Waals surface area (Å²) in [6.45, 7) is 0. The maximum Gasteiger partial charge on any atom is 0.454 e. The van der Waals surface area contributed by atoms with Crippen molar-refractivity contribution in [1.82, 2.24) is 0 Å². The summed E-state index contributed by atoms with van der Waals surface area (Å²) in [5, 5.41) is 17.7. The molecular weight excluding hydrogens is 186 g/mol. The van der Waals surface area contributed by atoms with Crippen LogP contribution in [0.4, 0.5) is 0 Å². The average Bonchev–Trinajstić information content (AvgIpc) is 1.85. The van der Waals surface area contributed by atoms with Gasteiger partial charge in [-0.1, -0.05) is 0 Å². The van der Waals surface area contributed by atoms with Gasteiger partial charge in [-0.3, -0.25) is 0 Å². The van der Waals surface area contributed by atoms with E-state index in [-0.39, 0.29) is 16.6 Å². The van der Waals surface area contributed by atoms with Gasteiger partial charge in [0.1, 0.15) is 0 Å². The molecular formula is C6H11BCl2O2. The Kier molecular flexibility index (Phi) is 3.50. The summed E-state index contributed by atoms with van der Waals surface area (Å²) in [5.41, 5.74) is 0. The average molecular weight is 197 g/mol. The second-order valence-corrected chi connectivity index (χ2v) is 4.31. The van der Waals surface area contributed by atoms with Crippen LogP contribution < -0.4 is 0 Å². The van der Waals surface area contributed by atoms with Crippen LogP contribution in [0.2, 0.25) is 5.82 Å². The molecule has 2 unspecified atom stereocenters. The highest BCUT2D eigenvalue weighted by Crippen LogP contribution is 2.35. The second kappa shape index (κ2) is 3.99. The van der Waals surface area contributed by atoms with E-state index >= 15 is 0 Å². The van der Waals surface area contributed by atoms with Gasteiger partial charge in [0.25, 0.3) is 0 Å². The molecule has 0 heterocycles. The van der Waals surface area contributed by atoms with Crippen molar-refractivity contribution in [1.29, 1.82) is 0 Å². The molecule has 1 rings (SSSR count). The molecule has 0 aromatic heterocycles. The Balaban J connectivity index is 2.43. The van der Waals surface area contributed by atoms with Crippen molar-refractivity contribution in [2.45, 2.75) is 35.8 Å². The van der Waals surface area contributed by atoms with Gasteiger partial charge in [0.2, 0.25) is 0 Å². The Hall–Kier alpha value is 0.565. The van der Waals surface area contributed by atoms with Crippen molar-refractivity contribution in [3.05, 3.63) is 0 Å². The predicted octanol–water partition coefficient (Wildman–Crippen LogP) is 1.23. The first-order chi connectivity index (χ1) is 5.09. The lowest BCUT2D eigenvalue weighted by atomic mass is 9.65. The van der Waals surface area contributed by atoms with Crippen molar-refractivity contribution in [3.8, 4) is 0 Å². The molecule has 64 valence electrons. The molecule has 0 aromatic rings. The number of hydrogen-bond donors (Lipinski definition) is 2. The van der Waals surface area contributed by atoms with E-state index in [0.717, 1.165) is 6.42 Å². The zero-order valence-corrected chi connectivity index (χ0v) is 7.59. The van der Waals surface area contributed by atoms with Crippen molar-refractivity contribution in [3.63, 3.8) is 0 Å². The Bertz CT molecular complexity index is 124. The van der Waals surface area contributed by atoms with Crippen molar-refractivity contribution in [2.75, 3.05) is 0 Å². The normalized spacial score (nSPS) is 38.7. The summed E-state index contributed by atoms with van der Waals surface area (Å²) < 4.78 is 0. The standard InChI is InChI=1S/C6H11BCl2O2/c8-5-1-4(7(10)11)2-6(9)3-5/h4-6,10-11H,1-3H2. The SMILES string of the molecule is OB(O)C1CC(Cl)CC(Cl)C1. The van der Waals surface area contributed by atoms with E-state index < -0.39 is 7.12 Å². The third-order valence-corrected chi connectivity index (χ3v) is 2.76. The van der Waals surface area contributed by atoms with E-state index in [4.69, 9.17) is 33.2 Å². The Morgan fingerprint density at radius 1 is 1.00 bits per heavy atom. The van der Waals surface area contributed by atoms with Crippen LogP contribution in [0.25, 0.3) is 0 Å². The fourth-order valence-corrected chi connectivity index (χ4v) is 2.45. The van der Waals surface area contributed by atoms with E-state index in [9.17, 15) is 0 Å². The minimum atomic E-state index is -1.27. The van der Waals surface area contributed by atoms with Crippen LogP contribution in [0.5, 0.6) is 0 Å². The molecule has 2 N–H and O–H groups in total. The van der Waals surface area contributed by atoms with E-state index in [1.165, 1.54) is 0 Å². The van der Waals surface area contributed by atoms with Gasteiger partial charge < -0.3 is 10.0 Å². The van der Waals surface area contributed by atoms with Crippen LogP contribution in [0.1, 0.15) is 19.3 Å². The molecule has 1 saturated carbocycles. The van der Waals surface area contributed by atoms with Crippen LogP contribution >= 0.6 is 23.2 Å². The molecule has 0 radical (unpaired) electrons. The summed E-state index contributed by atoms with van der Waals surface area (Å²) in [4.78, 5) is 0. The fraction of sp³-hybridized carbons (Fsp3) is 1.00. The van der Waals surface area contributed by atoms with Gasteiger partial charge >= 0.3 is 7.12 Å². The molecule has 0 spiro atoms. The van der Waals surface area contributed by atoms with E-state index in [1.807, 2.05) is 0 Å². The molecule has 0 saturated heterocycles. The van der Waals surface area contributed by atoms with E-state index in [0.29, 0.717) is 12.8 Å². The summed E-state index contributed by atoms with van der Waals surface area (Å²) >= 11 is 11.7. The summed E-state index contributed by atoms with van der Waals surface area (Å²) in [6.07, 6.45) is 2.08. The van der Waals surface area contributed by atoms with Crippen LogP contribution in [0.3, 0.4) is 0 Å². The van der Waals surface area contributed by atoms with E-state index in [2.05, 4.69) is 0 Å². The Labute approximate surface area is 76.6 Å². The van der Waals surface area contributed by atoms with Gasteiger partial charge in [-0.15, -0.1) is 23.2 Å². The minimum Gasteiger partial charge on any atom is -0.427 e. The van der Waals surface area contributed by atoms with Gasteiger partial charge in [-0.25, -0.2) is 0 Å².